The second-order valence-corrected chi connectivity index (χ2v) is 5.13. The predicted octanol–water partition coefficient (Wildman–Crippen LogP) is 1.68. The molecule has 0 atom stereocenters. The van der Waals surface area contributed by atoms with E-state index in [1.165, 1.54) is 0 Å². The maximum atomic E-state index is 11.8. The number of carbonyl (C=O) groups is 1. The van der Waals surface area contributed by atoms with Crippen LogP contribution < -0.4 is 5.32 Å². The number of pyridine rings is 1. The average Bonchev–Trinajstić information content (AvgIpc) is 3.05. The Morgan fingerprint density at radius 1 is 1.67 bits per heavy atom. The second kappa shape index (κ2) is 4.20. The third-order valence-corrected chi connectivity index (χ3v) is 3.31. The zero-order chi connectivity index (χ0) is 12.7. The largest absolute Gasteiger partial charge is 0.352 e. The summed E-state index contributed by atoms with van der Waals surface area (Å²) in [7, 11) is 0. The molecule has 2 aromatic rings. The van der Waals surface area contributed by atoms with Gasteiger partial charge in [0.1, 0.15) is 6.54 Å². The molecule has 0 bridgehead atoms. The molecule has 2 heterocycles. The van der Waals surface area contributed by atoms with Crippen LogP contribution in [-0.4, -0.2) is 26.5 Å². The third-order valence-electron chi connectivity index (χ3n) is 2.99. The fraction of sp³-hybridized carbons (Fsp3) is 0.417. The number of rotatable bonds is 3. The normalized spacial score (nSPS) is 14.9. The Morgan fingerprint density at radius 2 is 2.44 bits per heavy atom. The number of aromatic amines is 1. The fourth-order valence-corrected chi connectivity index (χ4v) is 2.20. The molecule has 1 aliphatic carbocycles. The van der Waals surface area contributed by atoms with Crippen molar-refractivity contribution in [3.63, 3.8) is 0 Å². The molecule has 3 rings (SSSR count). The van der Waals surface area contributed by atoms with Gasteiger partial charge >= 0.3 is 0 Å². The number of amides is 1. The van der Waals surface area contributed by atoms with Crippen LogP contribution in [0.5, 0.6) is 0 Å². The molecule has 18 heavy (non-hydrogen) atoms. The van der Waals surface area contributed by atoms with Crippen molar-refractivity contribution in [1.29, 1.82) is 0 Å². The Hall–Kier alpha value is -1.69. The molecule has 0 aromatic carbocycles. The quantitative estimate of drug-likeness (QED) is 0.827. The fourth-order valence-electron chi connectivity index (χ4n) is 1.94. The summed E-state index contributed by atoms with van der Waals surface area (Å²) in [5.74, 6) is -0.00289. The van der Waals surface area contributed by atoms with Crippen molar-refractivity contribution in [1.82, 2.24) is 19.9 Å². The van der Waals surface area contributed by atoms with Gasteiger partial charge in [0.15, 0.2) is 10.4 Å². The van der Waals surface area contributed by atoms with Gasteiger partial charge in [0.2, 0.25) is 5.91 Å². The molecule has 0 aliphatic heterocycles. The zero-order valence-electron chi connectivity index (χ0n) is 10.1. The molecular weight excluding hydrogens is 248 g/mol. The molecule has 0 spiro atoms. The average molecular weight is 262 g/mol. The van der Waals surface area contributed by atoms with Crippen molar-refractivity contribution in [3.8, 4) is 0 Å². The molecule has 0 unspecified atom stereocenters. The molecule has 1 fully saturated rings. The van der Waals surface area contributed by atoms with Crippen molar-refractivity contribution in [2.24, 2.45) is 0 Å². The van der Waals surface area contributed by atoms with Crippen LogP contribution in [0.25, 0.3) is 11.2 Å². The molecule has 6 heteroatoms. The van der Waals surface area contributed by atoms with Gasteiger partial charge in [-0.3, -0.25) is 9.36 Å². The molecule has 0 radical (unpaired) electrons. The van der Waals surface area contributed by atoms with Gasteiger partial charge in [0, 0.05) is 12.2 Å². The molecule has 1 aliphatic rings. The first-order chi connectivity index (χ1) is 8.63. The molecule has 2 N–H and O–H groups in total. The van der Waals surface area contributed by atoms with E-state index in [2.05, 4.69) is 15.3 Å². The first-order valence-electron chi connectivity index (χ1n) is 5.98. The smallest absolute Gasteiger partial charge is 0.240 e. The lowest BCUT2D eigenvalue weighted by atomic mass is 10.3. The summed E-state index contributed by atoms with van der Waals surface area (Å²) in [5.41, 5.74) is 2.67. The summed E-state index contributed by atoms with van der Waals surface area (Å²) in [6, 6.07) is 2.35. The van der Waals surface area contributed by atoms with Crippen molar-refractivity contribution < 1.29 is 4.79 Å². The number of carbonyl (C=O) groups excluding carboxylic acids is 1. The second-order valence-electron chi connectivity index (χ2n) is 4.74. The molecule has 1 amide bonds. The molecule has 94 valence electrons. The summed E-state index contributed by atoms with van der Waals surface area (Å²) in [6.45, 7) is 2.20. The highest BCUT2D eigenvalue weighted by Crippen LogP contribution is 2.19. The van der Waals surface area contributed by atoms with Crippen LogP contribution in [0, 0.1) is 11.7 Å². The van der Waals surface area contributed by atoms with Gasteiger partial charge in [-0.25, -0.2) is 4.98 Å². The van der Waals surface area contributed by atoms with Gasteiger partial charge in [-0.1, -0.05) is 0 Å². The Labute approximate surface area is 109 Å². The maximum absolute atomic E-state index is 11.8. The minimum Gasteiger partial charge on any atom is -0.352 e. The van der Waals surface area contributed by atoms with Crippen LogP contribution >= 0.6 is 12.2 Å². The Kier molecular flexibility index (Phi) is 2.66. The summed E-state index contributed by atoms with van der Waals surface area (Å²) in [6.07, 6.45) is 3.95. The van der Waals surface area contributed by atoms with Crippen LogP contribution in [-0.2, 0) is 11.3 Å². The van der Waals surface area contributed by atoms with Crippen LogP contribution in [0.3, 0.4) is 0 Å². The minimum atomic E-state index is -0.00289. The van der Waals surface area contributed by atoms with E-state index in [0.29, 0.717) is 10.8 Å². The van der Waals surface area contributed by atoms with E-state index in [1.54, 1.807) is 10.8 Å². The highest BCUT2D eigenvalue weighted by molar-refractivity contribution is 7.71. The lowest BCUT2D eigenvalue weighted by Gasteiger charge is -2.04. The number of aromatic nitrogens is 3. The minimum absolute atomic E-state index is 0.00289. The van der Waals surface area contributed by atoms with Crippen LogP contribution in [0.15, 0.2) is 12.3 Å². The highest BCUT2D eigenvalue weighted by atomic mass is 32.1. The summed E-state index contributed by atoms with van der Waals surface area (Å²) < 4.78 is 2.27. The number of nitrogens with one attached hydrogen (secondary N) is 2. The van der Waals surface area contributed by atoms with Crippen LogP contribution in [0.4, 0.5) is 0 Å². The molecule has 1 saturated carbocycles. The zero-order valence-corrected chi connectivity index (χ0v) is 10.9. The number of nitrogens with zero attached hydrogens (tertiary/aromatic N) is 2. The third kappa shape index (κ3) is 2.15. The van der Waals surface area contributed by atoms with E-state index in [4.69, 9.17) is 12.2 Å². The Bertz CT molecular complexity index is 668. The highest BCUT2D eigenvalue weighted by Gasteiger charge is 2.23. The number of aryl methyl sites for hydroxylation is 1. The van der Waals surface area contributed by atoms with Gasteiger partial charge in [0.25, 0.3) is 0 Å². The van der Waals surface area contributed by atoms with Crippen molar-refractivity contribution >= 4 is 29.3 Å². The van der Waals surface area contributed by atoms with E-state index in [9.17, 15) is 4.79 Å². The molecule has 0 saturated heterocycles. The number of hydrogen-bond acceptors (Lipinski definition) is 3. The lowest BCUT2D eigenvalue weighted by molar-refractivity contribution is -0.121. The van der Waals surface area contributed by atoms with Gasteiger partial charge in [-0.2, -0.15) is 0 Å². The van der Waals surface area contributed by atoms with E-state index < -0.39 is 0 Å². The van der Waals surface area contributed by atoms with Crippen molar-refractivity contribution in [2.75, 3.05) is 0 Å². The summed E-state index contributed by atoms with van der Waals surface area (Å²) in [4.78, 5) is 19.2. The first-order valence-corrected chi connectivity index (χ1v) is 6.39. The SMILES string of the molecule is Cc1cnc2c(c1)[nH]c(=S)n2CC(=O)NC1CC1. The van der Waals surface area contributed by atoms with Crippen molar-refractivity contribution in [2.45, 2.75) is 32.4 Å². The number of imidazole rings is 1. The van der Waals surface area contributed by atoms with Crippen molar-refractivity contribution in [3.05, 3.63) is 22.6 Å². The van der Waals surface area contributed by atoms with E-state index in [1.807, 2.05) is 13.0 Å². The molecule has 5 nitrogen and oxygen atoms in total. The van der Waals surface area contributed by atoms with Gasteiger partial charge in [-0.05, 0) is 43.6 Å². The van der Waals surface area contributed by atoms with E-state index >= 15 is 0 Å². The van der Waals surface area contributed by atoms with Crippen LogP contribution in [0.1, 0.15) is 18.4 Å². The van der Waals surface area contributed by atoms with Crippen LogP contribution in [0.2, 0.25) is 0 Å². The van der Waals surface area contributed by atoms with Gasteiger partial charge in [-0.15, -0.1) is 0 Å². The van der Waals surface area contributed by atoms with Gasteiger partial charge < -0.3 is 10.3 Å². The topological polar surface area (TPSA) is 62.7 Å². The van der Waals surface area contributed by atoms with E-state index in [0.717, 1.165) is 29.6 Å². The Morgan fingerprint density at radius 3 is 3.17 bits per heavy atom. The number of hydrogen-bond donors (Lipinski definition) is 2. The van der Waals surface area contributed by atoms with Gasteiger partial charge in [0.05, 0.1) is 5.52 Å². The standard InChI is InChI=1S/C12H14N4OS/c1-7-4-9-11(13-5-7)16(12(18)15-9)6-10(17)14-8-2-3-8/h4-5,8H,2-3,6H2,1H3,(H,14,17)(H,15,18). The molecule has 2 aromatic heterocycles. The number of fused-ring (bicyclic) bond motifs is 1. The first kappa shape index (κ1) is 11.4. The molecular formula is C12H14N4OS. The predicted molar refractivity (Wildman–Crippen MR) is 70.8 cm³/mol. The lowest BCUT2D eigenvalue weighted by Crippen LogP contribution is -2.29. The van der Waals surface area contributed by atoms with E-state index in [-0.39, 0.29) is 12.5 Å². The monoisotopic (exact) mass is 262 g/mol. The maximum Gasteiger partial charge on any atom is 0.240 e. The summed E-state index contributed by atoms with van der Waals surface area (Å²) >= 11 is 5.23. The summed E-state index contributed by atoms with van der Waals surface area (Å²) in [5, 5.41) is 2.95. The Balaban J connectivity index is 1.92. The number of H-pyrrole nitrogens is 1.